The van der Waals surface area contributed by atoms with Gasteiger partial charge in [0, 0.05) is 18.0 Å². The van der Waals surface area contributed by atoms with Gasteiger partial charge in [-0.15, -0.1) is 11.3 Å². The first kappa shape index (κ1) is 16.6. The molecule has 0 amide bonds. The zero-order chi connectivity index (χ0) is 13.8. The van der Waals surface area contributed by atoms with Crippen LogP contribution in [0.5, 0.6) is 0 Å². The van der Waals surface area contributed by atoms with E-state index in [-0.39, 0.29) is 6.10 Å². The maximum absolute atomic E-state index is 9.89. The molecule has 1 rings (SSSR count). The quantitative estimate of drug-likeness (QED) is 0.549. The molecule has 1 unspecified atom stereocenters. The van der Waals surface area contributed by atoms with E-state index in [1.54, 1.807) is 11.3 Å². The van der Waals surface area contributed by atoms with E-state index >= 15 is 0 Å². The number of hydrogen-bond acceptors (Lipinski definition) is 3. The Morgan fingerprint density at radius 1 is 1.05 bits per heavy atom. The first-order valence-corrected chi connectivity index (χ1v) is 8.77. The second-order valence-corrected chi connectivity index (χ2v) is 6.38. The number of hydrogen-bond donors (Lipinski definition) is 1. The molecule has 0 radical (unpaired) electrons. The molecular formula is C16H29NOS. The van der Waals surface area contributed by atoms with Crippen molar-refractivity contribution < 1.29 is 5.11 Å². The van der Waals surface area contributed by atoms with Crippen LogP contribution in [0.3, 0.4) is 0 Å². The van der Waals surface area contributed by atoms with E-state index in [9.17, 15) is 5.11 Å². The molecule has 0 bridgehead atoms. The van der Waals surface area contributed by atoms with E-state index in [4.69, 9.17) is 0 Å². The molecule has 1 heterocycles. The lowest BCUT2D eigenvalue weighted by molar-refractivity contribution is 0.160. The SMILES string of the molecule is CCCCCCCCCCCC(O)Cc1nccs1. The fourth-order valence-electron chi connectivity index (χ4n) is 2.35. The Kier molecular flexibility index (Phi) is 10.0. The van der Waals surface area contributed by atoms with E-state index in [1.807, 2.05) is 11.6 Å². The van der Waals surface area contributed by atoms with Gasteiger partial charge in [0.15, 0.2) is 0 Å². The van der Waals surface area contributed by atoms with Crippen molar-refractivity contribution in [3.8, 4) is 0 Å². The minimum absolute atomic E-state index is 0.198. The summed E-state index contributed by atoms with van der Waals surface area (Å²) in [4.78, 5) is 4.21. The molecule has 0 aliphatic heterocycles. The molecule has 110 valence electrons. The Morgan fingerprint density at radius 2 is 1.68 bits per heavy atom. The second-order valence-electron chi connectivity index (χ2n) is 5.40. The van der Waals surface area contributed by atoms with Gasteiger partial charge in [-0.1, -0.05) is 64.7 Å². The zero-order valence-electron chi connectivity index (χ0n) is 12.3. The van der Waals surface area contributed by atoms with Gasteiger partial charge >= 0.3 is 0 Å². The Hall–Kier alpha value is -0.410. The van der Waals surface area contributed by atoms with Gasteiger partial charge < -0.3 is 5.11 Å². The predicted octanol–water partition coefficient (Wildman–Crippen LogP) is 4.97. The van der Waals surface area contributed by atoms with Crippen molar-refractivity contribution >= 4 is 11.3 Å². The van der Waals surface area contributed by atoms with E-state index in [0.29, 0.717) is 0 Å². The van der Waals surface area contributed by atoms with Crippen molar-refractivity contribution in [2.45, 2.75) is 83.7 Å². The van der Waals surface area contributed by atoms with E-state index in [2.05, 4.69) is 11.9 Å². The van der Waals surface area contributed by atoms with Crippen LogP contribution in [-0.2, 0) is 6.42 Å². The molecule has 1 aromatic heterocycles. The molecule has 0 saturated heterocycles. The summed E-state index contributed by atoms with van der Waals surface area (Å²) >= 11 is 1.64. The maximum atomic E-state index is 9.89. The van der Waals surface area contributed by atoms with Crippen molar-refractivity contribution in [2.24, 2.45) is 0 Å². The number of thiazole rings is 1. The summed E-state index contributed by atoms with van der Waals surface area (Å²) in [5.74, 6) is 0. The van der Waals surface area contributed by atoms with Gasteiger partial charge in [-0.2, -0.15) is 0 Å². The Labute approximate surface area is 122 Å². The molecule has 0 aliphatic carbocycles. The fourth-order valence-corrected chi connectivity index (χ4v) is 3.04. The van der Waals surface area contributed by atoms with Crippen LogP contribution in [0.25, 0.3) is 0 Å². The molecular weight excluding hydrogens is 254 g/mol. The second kappa shape index (κ2) is 11.4. The fraction of sp³-hybridized carbons (Fsp3) is 0.812. The van der Waals surface area contributed by atoms with Gasteiger partial charge in [0.05, 0.1) is 11.1 Å². The standard InChI is InChI=1S/C16H29NOS/c1-2-3-4-5-6-7-8-9-10-11-15(18)14-16-17-12-13-19-16/h12-13,15,18H,2-11,14H2,1H3. The molecule has 1 aromatic rings. The number of aliphatic hydroxyl groups excluding tert-OH is 1. The lowest BCUT2D eigenvalue weighted by Gasteiger charge is -2.08. The summed E-state index contributed by atoms with van der Waals surface area (Å²) in [6.07, 6.45) is 15.3. The lowest BCUT2D eigenvalue weighted by atomic mass is 10.0. The third-order valence-electron chi connectivity index (χ3n) is 3.53. The first-order valence-electron chi connectivity index (χ1n) is 7.89. The number of rotatable bonds is 12. The number of nitrogens with zero attached hydrogens (tertiary/aromatic N) is 1. The van der Waals surface area contributed by atoms with Gasteiger partial charge in [0.1, 0.15) is 0 Å². The number of aromatic nitrogens is 1. The first-order chi connectivity index (χ1) is 9.33. The molecule has 0 aliphatic rings. The molecule has 1 N–H and O–H groups in total. The van der Waals surface area contributed by atoms with E-state index < -0.39 is 0 Å². The molecule has 0 fully saturated rings. The zero-order valence-corrected chi connectivity index (χ0v) is 13.1. The Morgan fingerprint density at radius 3 is 2.26 bits per heavy atom. The summed E-state index contributed by atoms with van der Waals surface area (Å²) in [7, 11) is 0. The monoisotopic (exact) mass is 283 g/mol. The van der Waals surface area contributed by atoms with Crippen LogP contribution in [0.2, 0.25) is 0 Å². The number of unbranched alkanes of at least 4 members (excludes halogenated alkanes) is 8. The minimum Gasteiger partial charge on any atom is -0.393 e. The van der Waals surface area contributed by atoms with Crippen molar-refractivity contribution in [3.05, 3.63) is 16.6 Å². The minimum atomic E-state index is -0.198. The summed E-state index contributed by atoms with van der Waals surface area (Å²) in [6.45, 7) is 2.26. The molecule has 1 atom stereocenters. The van der Waals surface area contributed by atoms with Crippen LogP contribution in [-0.4, -0.2) is 16.2 Å². The van der Waals surface area contributed by atoms with E-state index in [1.165, 1.54) is 51.4 Å². The van der Waals surface area contributed by atoms with Crippen LogP contribution in [0, 0.1) is 0 Å². The Bertz CT molecular complexity index is 287. The Balaban J connectivity index is 1.85. The lowest BCUT2D eigenvalue weighted by Crippen LogP contribution is -2.09. The van der Waals surface area contributed by atoms with E-state index in [0.717, 1.165) is 24.3 Å². The van der Waals surface area contributed by atoms with Crippen molar-refractivity contribution in [2.75, 3.05) is 0 Å². The molecule has 2 nitrogen and oxygen atoms in total. The smallest absolute Gasteiger partial charge is 0.0950 e. The van der Waals surface area contributed by atoms with Crippen molar-refractivity contribution in [1.29, 1.82) is 0 Å². The highest BCUT2D eigenvalue weighted by Crippen LogP contribution is 2.14. The van der Waals surface area contributed by atoms with Gasteiger partial charge in [-0.25, -0.2) is 4.98 Å². The van der Waals surface area contributed by atoms with Crippen molar-refractivity contribution in [3.63, 3.8) is 0 Å². The summed E-state index contributed by atoms with van der Waals surface area (Å²) in [5.41, 5.74) is 0. The van der Waals surface area contributed by atoms with Crippen LogP contribution in [0.15, 0.2) is 11.6 Å². The van der Waals surface area contributed by atoms with Gasteiger partial charge in [-0.3, -0.25) is 0 Å². The number of aliphatic hydroxyl groups is 1. The van der Waals surface area contributed by atoms with Gasteiger partial charge in [0.2, 0.25) is 0 Å². The average molecular weight is 283 g/mol. The van der Waals surface area contributed by atoms with Crippen molar-refractivity contribution in [1.82, 2.24) is 4.98 Å². The summed E-state index contributed by atoms with van der Waals surface area (Å²) < 4.78 is 0. The molecule has 19 heavy (non-hydrogen) atoms. The largest absolute Gasteiger partial charge is 0.393 e. The topological polar surface area (TPSA) is 33.1 Å². The average Bonchev–Trinajstić information content (AvgIpc) is 2.89. The molecule has 0 aromatic carbocycles. The van der Waals surface area contributed by atoms with Crippen LogP contribution in [0.4, 0.5) is 0 Å². The summed E-state index contributed by atoms with van der Waals surface area (Å²) in [6, 6.07) is 0. The summed E-state index contributed by atoms with van der Waals surface area (Å²) in [5, 5.41) is 12.9. The highest BCUT2D eigenvalue weighted by molar-refractivity contribution is 7.09. The van der Waals surface area contributed by atoms with Crippen LogP contribution >= 0.6 is 11.3 Å². The molecule has 0 spiro atoms. The third-order valence-corrected chi connectivity index (χ3v) is 4.34. The van der Waals surface area contributed by atoms with Gasteiger partial charge in [-0.05, 0) is 6.42 Å². The van der Waals surface area contributed by atoms with Crippen LogP contribution in [0.1, 0.15) is 76.1 Å². The van der Waals surface area contributed by atoms with Crippen LogP contribution < -0.4 is 0 Å². The predicted molar refractivity (Wildman–Crippen MR) is 83.7 cm³/mol. The maximum Gasteiger partial charge on any atom is 0.0950 e. The highest BCUT2D eigenvalue weighted by Gasteiger charge is 2.06. The molecule has 3 heteroatoms. The normalized spacial score (nSPS) is 12.7. The van der Waals surface area contributed by atoms with Gasteiger partial charge in [0.25, 0.3) is 0 Å². The third kappa shape index (κ3) is 9.17. The molecule has 0 saturated carbocycles. The highest BCUT2D eigenvalue weighted by atomic mass is 32.1.